The number of carbonyl (C=O) groups is 1. The third-order valence-electron chi connectivity index (χ3n) is 5.66. The summed E-state index contributed by atoms with van der Waals surface area (Å²) in [5, 5.41) is 22.8. The monoisotopic (exact) mass is 476 g/mol. The largest absolute Gasteiger partial charge is 0.444 e. The van der Waals surface area contributed by atoms with Crippen molar-refractivity contribution < 1.29 is 14.6 Å². The third kappa shape index (κ3) is 4.94. The number of carbonyl (C=O) groups excluding carboxylic acids is 1. The number of nitrogens with zero attached hydrogens (tertiary/aromatic N) is 7. The van der Waals surface area contributed by atoms with Gasteiger partial charge in [-0.25, -0.2) is 14.5 Å². The van der Waals surface area contributed by atoms with Gasteiger partial charge in [0.2, 0.25) is 0 Å². The molecule has 1 aliphatic heterocycles. The Morgan fingerprint density at radius 2 is 1.97 bits per heavy atom. The van der Waals surface area contributed by atoms with Gasteiger partial charge in [0.05, 0.1) is 36.3 Å². The van der Waals surface area contributed by atoms with Crippen LogP contribution in [-0.4, -0.2) is 83.9 Å². The molecule has 11 heteroatoms. The molecule has 0 radical (unpaired) electrons. The topological polar surface area (TPSA) is 125 Å². The second-order valence-electron chi connectivity index (χ2n) is 9.55. The van der Waals surface area contributed by atoms with Crippen LogP contribution in [0.4, 0.5) is 10.6 Å². The second kappa shape index (κ2) is 8.99. The lowest BCUT2D eigenvalue weighted by Gasteiger charge is -2.27. The number of rotatable bonds is 3. The molecular formula is C24H28N8O3. The smallest absolute Gasteiger partial charge is 0.410 e. The molecule has 5 rings (SSSR count). The number of H-pyrrole nitrogens is 1. The number of aliphatic hydroxyl groups is 1. The summed E-state index contributed by atoms with van der Waals surface area (Å²) < 4.78 is 7.26. The summed E-state index contributed by atoms with van der Waals surface area (Å²) in [5.41, 5.74) is 1.94. The van der Waals surface area contributed by atoms with Crippen molar-refractivity contribution in [2.75, 3.05) is 31.1 Å². The Bertz CT molecular complexity index is 1330. The highest BCUT2D eigenvalue weighted by Gasteiger charge is 2.28. The molecule has 1 unspecified atom stereocenters. The minimum Gasteiger partial charge on any atom is -0.444 e. The van der Waals surface area contributed by atoms with E-state index in [1.54, 1.807) is 34.4 Å². The summed E-state index contributed by atoms with van der Waals surface area (Å²) in [5.74, 6) is 1.34. The molecule has 1 aliphatic rings. The number of hydrogen-bond donors (Lipinski definition) is 2. The Kier molecular flexibility index (Phi) is 5.85. The van der Waals surface area contributed by atoms with Crippen molar-refractivity contribution in [3.05, 3.63) is 49.1 Å². The number of fused-ring (bicyclic) bond motifs is 1. The van der Waals surface area contributed by atoms with E-state index in [0.717, 1.165) is 22.2 Å². The maximum absolute atomic E-state index is 12.5. The van der Waals surface area contributed by atoms with Crippen LogP contribution in [0.2, 0.25) is 0 Å². The van der Waals surface area contributed by atoms with Gasteiger partial charge in [-0.3, -0.25) is 10.1 Å². The van der Waals surface area contributed by atoms with E-state index in [4.69, 9.17) is 9.72 Å². The van der Waals surface area contributed by atoms with E-state index in [9.17, 15) is 9.90 Å². The number of amides is 1. The molecule has 11 nitrogen and oxygen atoms in total. The molecule has 5 heterocycles. The van der Waals surface area contributed by atoms with E-state index in [1.165, 1.54) is 0 Å². The van der Waals surface area contributed by atoms with Gasteiger partial charge >= 0.3 is 6.09 Å². The highest BCUT2D eigenvalue weighted by Crippen LogP contribution is 2.24. The number of anilines is 1. The van der Waals surface area contributed by atoms with E-state index < -0.39 is 17.8 Å². The zero-order valence-corrected chi connectivity index (χ0v) is 19.9. The summed E-state index contributed by atoms with van der Waals surface area (Å²) in [4.78, 5) is 25.4. The molecular weight excluding hydrogens is 448 g/mol. The average Bonchev–Trinajstić information content (AvgIpc) is 3.45. The first kappa shape index (κ1) is 22.8. The van der Waals surface area contributed by atoms with Gasteiger partial charge in [0.25, 0.3) is 0 Å². The number of pyridine rings is 2. The van der Waals surface area contributed by atoms with Gasteiger partial charge in [0.1, 0.15) is 11.4 Å². The lowest BCUT2D eigenvalue weighted by molar-refractivity contribution is 0.0186. The van der Waals surface area contributed by atoms with E-state index >= 15 is 0 Å². The van der Waals surface area contributed by atoms with Crippen LogP contribution in [0.3, 0.4) is 0 Å². The van der Waals surface area contributed by atoms with Crippen molar-refractivity contribution in [3.8, 4) is 17.1 Å². The molecule has 0 aromatic carbocycles. The van der Waals surface area contributed by atoms with Crippen LogP contribution in [-0.2, 0) is 4.74 Å². The SMILES string of the molecule is CC(C)(C)OC(=O)N1CCN(c2cccc(-n3ncc4cnc(-c5cn[nH]c5)cc43)n2)CC(O)C1. The Hall–Kier alpha value is -3.99. The van der Waals surface area contributed by atoms with Crippen LogP contribution in [0.15, 0.2) is 49.1 Å². The molecule has 1 saturated heterocycles. The molecule has 0 saturated carbocycles. The molecule has 35 heavy (non-hydrogen) atoms. The lowest BCUT2D eigenvalue weighted by Crippen LogP contribution is -2.41. The van der Waals surface area contributed by atoms with Crippen LogP contribution in [0.25, 0.3) is 28.0 Å². The van der Waals surface area contributed by atoms with Crippen LogP contribution in [0.1, 0.15) is 20.8 Å². The van der Waals surface area contributed by atoms with Gasteiger partial charge in [-0.2, -0.15) is 10.2 Å². The predicted molar refractivity (Wildman–Crippen MR) is 130 cm³/mol. The van der Waals surface area contributed by atoms with Crippen molar-refractivity contribution >= 4 is 22.8 Å². The van der Waals surface area contributed by atoms with Crippen LogP contribution < -0.4 is 4.90 Å². The Labute approximate surface area is 202 Å². The summed E-state index contributed by atoms with van der Waals surface area (Å²) in [6.07, 6.45) is 5.89. The van der Waals surface area contributed by atoms with Gasteiger partial charge in [-0.15, -0.1) is 0 Å². The van der Waals surface area contributed by atoms with Crippen LogP contribution in [0.5, 0.6) is 0 Å². The Morgan fingerprint density at radius 3 is 2.74 bits per heavy atom. The van der Waals surface area contributed by atoms with Gasteiger partial charge in [-0.05, 0) is 39.0 Å². The number of hydrogen-bond acceptors (Lipinski definition) is 8. The molecule has 4 aromatic heterocycles. The first-order chi connectivity index (χ1) is 16.8. The van der Waals surface area contributed by atoms with Crippen molar-refractivity contribution in [1.29, 1.82) is 0 Å². The molecule has 1 fully saturated rings. The normalized spacial score (nSPS) is 17.0. The molecule has 1 amide bonds. The lowest BCUT2D eigenvalue weighted by atomic mass is 10.2. The molecule has 0 bridgehead atoms. The number of aromatic nitrogens is 6. The van der Waals surface area contributed by atoms with Crippen molar-refractivity contribution in [2.24, 2.45) is 0 Å². The van der Waals surface area contributed by atoms with Crippen molar-refractivity contribution in [2.45, 2.75) is 32.5 Å². The fourth-order valence-corrected chi connectivity index (χ4v) is 4.05. The van der Waals surface area contributed by atoms with Gasteiger partial charge < -0.3 is 19.6 Å². The van der Waals surface area contributed by atoms with Gasteiger partial charge in [0.15, 0.2) is 5.82 Å². The number of aliphatic hydroxyl groups excluding tert-OH is 1. The van der Waals surface area contributed by atoms with Crippen LogP contribution in [0, 0.1) is 0 Å². The van der Waals surface area contributed by atoms with E-state index in [0.29, 0.717) is 31.3 Å². The molecule has 0 spiro atoms. The molecule has 182 valence electrons. The maximum atomic E-state index is 12.5. The summed E-state index contributed by atoms with van der Waals surface area (Å²) >= 11 is 0. The first-order valence-corrected chi connectivity index (χ1v) is 11.5. The quantitative estimate of drug-likeness (QED) is 0.462. The molecule has 1 atom stereocenters. The van der Waals surface area contributed by atoms with Crippen molar-refractivity contribution in [3.63, 3.8) is 0 Å². The van der Waals surface area contributed by atoms with Crippen molar-refractivity contribution in [1.82, 2.24) is 34.8 Å². The summed E-state index contributed by atoms with van der Waals surface area (Å²) in [6.45, 7) is 6.97. The average molecular weight is 477 g/mol. The zero-order chi connectivity index (χ0) is 24.6. The highest BCUT2D eigenvalue weighted by molar-refractivity contribution is 5.83. The Balaban J connectivity index is 1.40. The maximum Gasteiger partial charge on any atom is 0.410 e. The minimum atomic E-state index is -0.732. The Morgan fingerprint density at radius 1 is 1.14 bits per heavy atom. The molecule has 0 aliphatic carbocycles. The number of nitrogens with one attached hydrogen (secondary N) is 1. The molecule has 4 aromatic rings. The fraction of sp³-hybridized carbons (Fsp3) is 0.375. The van der Waals surface area contributed by atoms with E-state index in [2.05, 4.69) is 20.3 Å². The first-order valence-electron chi connectivity index (χ1n) is 11.5. The standard InChI is InChI=1S/C24H28N8O3/c1-24(2,3)35-23(34)31-8-7-30(14-18(33)15-31)21-5-4-6-22(29-21)32-20-9-19(16-11-26-27-12-16)25-10-17(20)13-28-32/h4-6,9-13,18,33H,7-8,14-15H2,1-3H3,(H,26,27). The summed E-state index contributed by atoms with van der Waals surface area (Å²) in [6, 6.07) is 7.64. The van der Waals surface area contributed by atoms with E-state index in [1.807, 2.05) is 49.9 Å². The number of ether oxygens (including phenoxy) is 1. The third-order valence-corrected chi connectivity index (χ3v) is 5.66. The summed E-state index contributed by atoms with van der Waals surface area (Å²) in [7, 11) is 0. The predicted octanol–water partition coefficient (Wildman–Crippen LogP) is 2.62. The minimum absolute atomic E-state index is 0.207. The number of β-amino-alcohol motifs (C(OH)–C–C–N with tert-alkyl or cyclic N) is 1. The van der Waals surface area contributed by atoms with E-state index in [-0.39, 0.29) is 6.54 Å². The zero-order valence-electron chi connectivity index (χ0n) is 19.9. The molecule has 2 N–H and O–H groups in total. The van der Waals surface area contributed by atoms with Crippen LogP contribution >= 0.6 is 0 Å². The van der Waals surface area contributed by atoms with Gasteiger partial charge in [0, 0.05) is 43.0 Å². The fourth-order valence-electron chi connectivity index (χ4n) is 4.05. The van der Waals surface area contributed by atoms with Gasteiger partial charge in [-0.1, -0.05) is 6.07 Å². The second-order valence-corrected chi connectivity index (χ2v) is 9.55. The number of aromatic amines is 1. The highest BCUT2D eigenvalue weighted by atomic mass is 16.6.